The van der Waals surface area contributed by atoms with Crippen LogP contribution in [0.25, 0.3) is 0 Å². The number of rotatable bonds is 3. The highest BCUT2D eigenvalue weighted by Crippen LogP contribution is 2.57. The number of amides is 2. The number of carbonyl (C=O) groups excluding carboxylic acids is 1. The number of hydrogen-bond donors (Lipinski definition) is 2. The molecular formula is C10H19N3O. The van der Waals surface area contributed by atoms with Crippen LogP contribution in [0.5, 0.6) is 0 Å². The van der Waals surface area contributed by atoms with Crippen molar-refractivity contribution in [1.29, 1.82) is 0 Å². The summed E-state index contributed by atoms with van der Waals surface area (Å²) in [6, 6.07) is -0.601. The third-order valence-corrected chi connectivity index (χ3v) is 3.45. The summed E-state index contributed by atoms with van der Waals surface area (Å²) in [5.41, 5.74) is 8.53. The predicted molar refractivity (Wildman–Crippen MR) is 56.9 cm³/mol. The molecule has 0 aromatic carbocycles. The molecule has 1 fully saturated rings. The van der Waals surface area contributed by atoms with Crippen molar-refractivity contribution in [2.24, 2.45) is 28.1 Å². The number of carbonyl (C=O) groups is 1. The first-order chi connectivity index (χ1) is 6.38. The molecule has 4 heteroatoms. The van der Waals surface area contributed by atoms with E-state index >= 15 is 0 Å². The van der Waals surface area contributed by atoms with Gasteiger partial charge in [0.15, 0.2) is 0 Å². The van der Waals surface area contributed by atoms with Crippen LogP contribution < -0.4 is 11.2 Å². The van der Waals surface area contributed by atoms with E-state index < -0.39 is 6.03 Å². The molecule has 2 atom stereocenters. The minimum Gasteiger partial charge on any atom is -0.350 e. The van der Waals surface area contributed by atoms with E-state index in [1.165, 1.54) is 0 Å². The number of hydrogen-bond acceptors (Lipinski definition) is 2. The van der Waals surface area contributed by atoms with Gasteiger partial charge in [-0.05, 0) is 24.7 Å². The first-order valence-electron chi connectivity index (χ1n) is 4.97. The first-order valence-corrected chi connectivity index (χ1v) is 4.97. The van der Waals surface area contributed by atoms with Crippen molar-refractivity contribution >= 4 is 11.7 Å². The zero-order chi connectivity index (χ0) is 10.9. The molecule has 80 valence electrons. The van der Waals surface area contributed by atoms with E-state index in [0.717, 1.165) is 12.1 Å². The van der Waals surface area contributed by atoms with Crippen LogP contribution in [0.1, 0.15) is 34.1 Å². The largest absolute Gasteiger partial charge is 0.350 e. The molecule has 0 aromatic heterocycles. The average molecular weight is 197 g/mol. The van der Waals surface area contributed by atoms with Gasteiger partial charge in [-0.2, -0.15) is 5.10 Å². The Hall–Kier alpha value is -1.06. The van der Waals surface area contributed by atoms with Crippen molar-refractivity contribution in [3.63, 3.8) is 0 Å². The summed E-state index contributed by atoms with van der Waals surface area (Å²) in [7, 11) is 0. The summed E-state index contributed by atoms with van der Waals surface area (Å²) in [4.78, 5) is 10.4. The van der Waals surface area contributed by atoms with Crippen LogP contribution >= 0.6 is 0 Å². The highest BCUT2D eigenvalue weighted by Gasteiger charge is 2.53. The van der Waals surface area contributed by atoms with Crippen molar-refractivity contribution in [2.75, 3.05) is 0 Å². The summed E-state index contributed by atoms with van der Waals surface area (Å²) in [6.45, 7) is 8.63. The summed E-state index contributed by atoms with van der Waals surface area (Å²) in [5, 5.41) is 3.96. The molecule has 0 aromatic rings. The van der Waals surface area contributed by atoms with E-state index in [4.69, 9.17) is 5.73 Å². The quantitative estimate of drug-likeness (QED) is 0.525. The van der Waals surface area contributed by atoms with E-state index in [9.17, 15) is 4.79 Å². The van der Waals surface area contributed by atoms with Crippen molar-refractivity contribution in [1.82, 2.24) is 5.43 Å². The Morgan fingerprint density at radius 1 is 1.64 bits per heavy atom. The van der Waals surface area contributed by atoms with Gasteiger partial charge in [0.1, 0.15) is 0 Å². The number of hydrazone groups is 1. The van der Waals surface area contributed by atoms with E-state index in [1.54, 1.807) is 0 Å². The topological polar surface area (TPSA) is 67.5 Å². The van der Waals surface area contributed by atoms with Crippen LogP contribution in [0.15, 0.2) is 5.10 Å². The van der Waals surface area contributed by atoms with Crippen LogP contribution in [0.2, 0.25) is 0 Å². The lowest BCUT2D eigenvalue weighted by molar-refractivity contribution is 0.249. The van der Waals surface area contributed by atoms with Gasteiger partial charge in [0.05, 0.1) is 0 Å². The first kappa shape index (κ1) is 11.0. The van der Waals surface area contributed by atoms with Crippen LogP contribution in [0, 0.1) is 17.3 Å². The maximum absolute atomic E-state index is 10.4. The SMILES string of the molecule is C/C(=N\NC(N)=O)[C@H]1C[C@@]1(C)C(C)C. The fourth-order valence-corrected chi connectivity index (χ4v) is 1.87. The minimum atomic E-state index is -0.601. The van der Waals surface area contributed by atoms with Gasteiger partial charge in [-0.1, -0.05) is 20.8 Å². The van der Waals surface area contributed by atoms with Crippen molar-refractivity contribution in [3.8, 4) is 0 Å². The minimum absolute atomic E-state index is 0.354. The molecule has 1 saturated carbocycles. The lowest BCUT2D eigenvalue weighted by atomic mass is 9.91. The van der Waals surface area contributed by atoms with E-state index in [0.29, 0.717) is 17.3 Å². The van der Waals surface area contributed by atoms with Gasteiger partial charge in [0, 0.05) is 11.6 Å². The molecule has 3 N–H and O–H groups in total. The van der Waals surface area contributed by atoms with Crippen LogP contribution in [0.3, 0.4) is 0 Å². The molecule has 0 aliphatic heterocycles. The van der Waals surface area contributed by atoms with Gasteiger partial charge >= 0.3 is 6.03 Å². The predicted octanol–water partition coefficient (Wildman–Crippen LogP) is 1.71. The van der Waals surface area contributed by atoms with Gasteiger partial charge < -0.3 is 5.73 Å². The highest BCUT2D eigenvalue weighted by atomic mass is 16.2. The van der Waals surface area contributed by atoms with Gasteiger partial charge in [0.2, 0.25) is 0 Å². The molecule has 0 saturated heterocycles. The summed E-state index contributed by atoms with van der Waals surface area (Å²) in [5.74, 6) is 1.14. The van der Waals surface area contributed by atoms with E-state index in [1.807, 2.05) is 6.92 Å². The lowest BCUT2D eigenvalue weighted by Crippen LogP contribution is -2.26. The molecule has 0 heterocycles. The second kappa shape index (κ2) is 3.59. The lowest BCUT2D eigenvalue weighted by Gasteiger charge is -2.15. The fraction of sp³-hybridized carbons (Fsp3) is 0.800. The maximum Gasteiger partial charge on any atom is 0.332 e. The molecule has 4 nitrogen and oxygen atoms in total. The third-order valence-electron chi connectivity index (χ3n) is 3.45. The van der Waals surface area contributed by atoms with Gasteiger partial charge in [-0.15, -0.1) is 0 Å². The van der Waals surface area contributed by atoms with Crippen molar-refractivity contribution in [2.45, 2.75) is 34.1 Å². The molecule has 0 spiro atoms. The Labute approximate surface area is 84.9 Å². The standard InChI is InChI=1S/C10H19N3O/c1-6(2)10(4)5-8(10)7(3)12-13-9(11)14/h6,8H,5H2,1-4H3,(H3,11,13,14)/b12-7+/t8-,10+/m1/s1. The number of nitrogens with one attached hydrogen (secondary N) is 1. The van der Waals surface area contributed by atoms with E-state index in [2.05, 4.69) is 31.3 Å². The Bertz CT molecular complexity index is 273. The smallest absolute Gasteiger partial charge is 0.332 e. The highest BCUT2D eigenvalue weighted by molar-refractivity contribution is 5.88. The van der Waals surface area contributed by atoms with Crippen LogP contribution in [-0.2, 0) is 0 Å². The Morgan fingerprint density at radius 2 is 2.21 bits per heavy atom. The zero-order valence-corrected chi connectivity index (χ0v) is 9.29. The molecule has 1 aliphatic carbocycles. The fourth-order valence-electron chi connectivity index (χ4n) is 1.87. The summed E-state index contributed by atoms with van der Waals surface area (Å²) < 4.78 is 0. The number of nitrogens with zero attached hydrogens (tertiary/aromatic N) is 1. The average Bonchev–Trinajstić information content (AvgIpc) is 2.75. The molecule has 14 heavy (non-hydrogen) atoms. The molecule has 0 bridgehead atoms. The second-order valence-corrected chi connectivity index (χ2v) is 4.65. The van der Waals surface area contributed by atoms with Crippen LogP contribution in [-0.4, -0.2) is 11.7 Å². The number of urea groups is 1. The molecule has 2 amide bonds. The monoisotopic (exact) mass is 197 g/mol. The molecular weight excluding hydrogens is 178 g/mol. The number of nitrogens with two attached hydrogens (primary N) is 1. The second-order valence-electron chi connectivity index (χ2n) is 4.65. The Balaban J connectivity index is 2.54. The molecule has 0 unspecified atom stereocenters. The van der Waals surface area contributed by atoms with Crippen molar-refractivity contribution < 1.29 is 4.79 Å². The maximum atomic E-state index is 10.4. The molecule has 0 radical (unpaired) electrons. The zero-order valence-electron chi connectivity index (χ0n) is 9.29. The van der Waals surface area contributed by atoms with Gasteiger partial charge in [-0.3, -0.25) is 0 Å². The summed E-state index contributed by atoms with van der Waals surface area (Å²) in [6.07, 6.45) is 1.15. The molecule has 1 aliphatic rings. The van der Waals surface area contributed by atoms with E-state index in [-0.39, 0.29) is 0 Å². The Morgan fingerprint density at radius 3 is 2.57 bits per heavy atom. The third kappa shape index (κ3) is 2.05. The normalized spacial score (nSPS) is 31.8. The van der Waals surface area contributed by atoms with Crippen molar-refractivity contribution in [3.05, 3.63) is 0 Å². The summed E-state index contributed by atoms with van der Waals surface area (Å²) >= 11 is 0. The molecule has 1 rings (SSSR count). The Kier molecular flexibility index (Phi) is 2.83. The number of primary amides is 1. The van der Waals surface area contributed by atoms with Gasteiger partial charge in [-0.25, -0.2) is 10.2 Å². The van der Waals surface area contributed by atoms with Crippen LogP contribution in [0.4, 0.5) is 4.79 Å². The van der Waals surface area contributed by atoms with Gasteiger partial charge in [0.25, 0.3) is 0 Å².